The summed E-state index contributed by atoms with van der Waals surface area (Å²) < 4.78 is 10.4. The van der Waals surface area contributed by atoms with Gasteiger partial charge in [0, 0.05) is 31.0 Å². The molecule has 28 heavy (non-hydrogen) atoms. The zero-order chi connectivity index (χ0) is 19.9. The third-order valence-electron chi connectivity index (χ3n) is 4.27. The van der Waals surface area contributed by atoms with Gasteiger partial charge in [0.1, 0.15) is 11.4 Å². The lowest BCUT2D eigenvalue weighted by molar-refractivity contribution is 0.0410. The monoisotopic (exact) mass is 405 g/mol. The molecular weight excluding hydrogens is 382 g/mol. The highest BCUT2D eigenvalue weighted by Crippen LogP contribution is 2.18. The summed E-state index contributed by atoms with van der Waals surface area (Å²) in [5.74, 6) is 0.933. The number of hydrogen-bond acceptors (Lipinski definition) is 8. The smallest absolute Gasteiger partial charge is 0.277 e. The predicted octanol–water partition coefficient (Wildman–Crippen LogP) is 1.04. The van der Waals surface area contributed by atoms with Crippen LogP contribution >= 0.6 is 11.8 Å². The number of anilines is 2. The number of morpholine rings is 1. The largest absolute Gasteiger partial charge is 0.497 e. The number of ether oxygens (including phenoxy) is 2. The van der Waals surface area contributed by atoms with Gasteiger partial charge in [0.2, 0.25) is 0 Å². The fraction of sp³-hybridized carbons (Fsp3) is 0.389. The molecule has 9 nitrogen and oxygen atoms in total. The van der Waals surface area contributed by atoms with E-state index in [4.69, 9.17) is 15.2 Å². The third-order valence-corrected chi connectivity index (χ3v) is 5.12. The normalized spacial score (nSPS) is 14.6. The van der Waals surface area contributed by atoms with Crippen LogP contribution in [-0.2, 0) is 4.74 Å². The molecule has 1 saturated heterocycles. The van der Waals surface area contributed by atoms with Gasteiger partial charge in [0.15, 0.2) is 11.0 Å². The van der Waals surface area contributed by atoms with Crippen LogP contribution in [0, 0.1) is 0 Å². The summed E-state index contributed by atoms with van der Waals surface area (Å²) in [5, 5.41) is 2.95. The number of hydrogen-bond donors (Lipinski definition) is 3. The number of methoxy groups -OCH3 is 1. The number of amides is 1. The number of carbonyl (C=O) groups is 1. The lowest BCUT2D eigenvalue weighted by Gasteiger charge is -2.26. The lowest BCUT2D eigenvalue weighted by Crippen LogP contribution is -2.37. The summed E-state index contributed by atoms with van der Waals surface area (Å²) in [6.45, 7) is 4.17. The first-order chi connectivity index (χ1) is 13.6. The molecule has 1 aliphatic rings. The molecule has 2 aromatic rings. The number of thioether (sulfide) groups is 1. The molecule has 1 amide bonds. The summed E-state index contributed by atoms with van der Waals surface area (Å²) in [6, 6.07) is 6.52. The van der Waals surface area contributed by atoms with Crippen LogP contribution < -0.4 is 21.3 Å². The number of aromatic amines is 1. The van der Waals surface area contributed by atoms with Crippen molar-refractivity contribution in [1.29, 1.82) is 0 Å². The van der Waals surface area contributed by atoms with E-state index in [1.165, 1.54) is 11.8 Å². The minimum Gasteiger partial charge on any atom is -0.497 e. The highest BCUT2D eigenvalue weighted by atomic mass is 32.2. The van der Waals surface area contributed by atoms with Crippen molar-refractivity contribution in [3.05, 3.63) is 40.2 Å². The van der Waals surface area contributed by atoms with Crippen LogP contribution in [0.15, 0.2) is 34.2 Å². The number of H-pyrrole nitrogens is 1. The summed E-state index contributed by atoms with van der Waals surface area (Å²) in [5.41, 5.74) is 5.74. The molecule has 10 heteroatoms. The van der Waals surface area contributed by atoms with Gasteiger partial charge in [-0.05, 0) is 24.3 Å². The summed E-state index contributed by atoms with van der Waals surface area (Å²) in [7, 11) is 1.54. The van der Waals surface area contributed by atoms with Gasteiger partial charge in [-0.3, -0.25) is 19.5 Å². The fourth-order valence-corrected chi connectivity index (χ4v) is 3.55. The van der Waals surface area contributed by atoms with Gasteiger partial charge in [-0.1, -0.05) is 11.8 Å². The van der Waals surface area contributed by atoms with Crippen molar-refractivity contribution in [2.45, 2.75) is 5.16 Å². The Balaban J connectivity index is 1.60. The second kappa shape index (κ2) is 9.58. The van der Waals surface area contributed by atoms with E-state index in [-0.39, 0.29) is 11.5 Å². The third kappa shape index (κ3) is 5.24. The van der Waals surface area contributed by atoms with Gasteiger partial charge in [0.05, 0.1) is 20.3 Å². The Bertz CT molecular complexity index is 865. The van der Waals surface area contributed by atoms with E-state index in [9.17, 15) is 9.59 Å². The molecule has 1 aromatic heterocycles. The number of nitrogens with one attached hydrogen (secondary N) is 2. The zero-order valence-electron chi connectivity index (χ0n) is 15.6. The quantitative estimate of drug-likeness (QED) is 0.461. The Kier molecular flexibility index (Phi) is 6.90. The fourth-order valence-electron chi connectivity index (χ4n) is 2.68. The highest BCUT2D eigenvalue weighted by Gasteiger charge is 2.15. The summed E-state index contributed by atoms with van der Waals surface area (Å²) in [4.78, 5) is 33.8. The molecule has 0 saturated carbocycles. The molecule has 3 rings (SSSR count). The van der Waals surface area contributed by atoms with Gasteiger partial charge >= 0.3 is 0 Å². The first-order valence-corrected chi connectivity index (χ1v) is 9.83. The van der Waals surface area contributed by atoms with E-state index in [0.29, 0.717) is 16.5 Å². The van der Waals surface area contributed by atoms with Crippen LogP contribution in [0.1, 0.15) is 10.4 Å². The molecule has 2 heterocycles. The van der Waals surface area contributed by atoms with Crippen LogP contribution in [0.2, 0.25) is 0 Å². The average molecular weight is 405 g/mol. The van der Waals surface area contributed by atoms with Crippen molar-refractivity contribution in [2.24, 2.45) is 0 Å². The number of aromatic nitrogens is 2. The van der Waals surface area contributed by atoms with Crippen LogP contribution in [-0.4, -0.2) is 66.5 Å². The van der Waals surface area contributed by atoms with Crippen LogP contribution in [0.5, 0.6) is 5.75 Å². The zero-order valence-corrected chi connectivity index (χ0v) is 16.4. The van der Waals surface area contributed by atoms with Crippen LogP contribution in [0.4, 0.5) is 11.5 Å². The van der Waals surface area contributed by atoms with Crippen molar-refractivity contribution in [3.8, 4) is 5.75 Å². The van der Waals surface area contributed by atoms with E-state index >= 15 is 0 Å². The van der Waals surface area contributed by atoms with Crippen molar-refractivity contribution < 1.29 is 14.3 Å². The molecule has 0 radical (unpaired) electrons. The van der Waals surface area contributed by atoms with Gasteiger partial charge in [-0.15, -0.1) is 0 Å². The molecule has 4 N–H and O–H groups in total. The van der Waals surface area contributed by atoms with E-state index in [0.717, 1.165) is 38.6 Å². The number of rotatable bonds is 7. The van der Waals surface area contributed by atoms with Crippen molar-refractivity contribution >= 4 is 29.2 Å². The minimum absolute atomic E-state index is 0.0144. The highest BCUT2D eigenvalue weighted by molar-refractivity contribution is 7.99. The number of benzene rings is 1. The van der Waals surface area contributed by atoms with E-state index < -0.39 is 11.5 Å². The Morgan fingerprint density at radius 2 is 2.07 bits per heavy atom. The molecule has 0 aliphatic carbocycles. The van der Waals surface area contributed by atoms with Gasteiger partial charge in [0.25, 0.3) is 11.5 Å². The van der Waals surface area contributed by atoms with Gasteiger partial charge in [-0.25, -0.2) is 4.98 Å². The number of nitrogen functional groups attached to an aromatic ring is 1. The molecule has 0 spiro atoms. The summed E-state index contributed by atoms with van der Waals surface area (Å²) >= 11 is 1.41. The van der Waals surface area contributed by atoms with Crippen molar-refractivity contribution in [2.75, 3.05) is 56.8 Å². The first kappa shape index (κ1) is 20.2. The van der Waals surface area contributed by atoms with E-state index in [2.05, 4.69) is 20.2 Å². The second-order valence-electron chi connectivity index (χ2n) is 6.12. The molecule has 0 unspecified atom stereocenters. The maximum Gasteiger partial charge on any atom is 0.277 e. The SMILES string of the molecule is COc1ccc(C(=O)Nc2c(N)nc(SCCN3CCOCC3)[nH]c2=O)cc1. The van der Waals surface area contributed by atoms with E-state index in [1.54, 1.807) is 31.4 Å². The maximum absolute atomic E-state index is 12.3. The molecule has 1 aliphatic heterocycles. The number of carbonyl (C=O) groups excluding carboxylic acids is 1. The Labute approximate surface area is 166 Å². The molecule has 1 fully saturated rings. The Morgan fingerprint density at radius 1 is 1.36 bits per heavy atom. The van der Waals surface area contributed by atoms with E-state index in [1.807, 2.05) is 0 Å². The van der Waals surface area contributed by atoms with Crippen LogP contribution in [0.3, 0.4) is 0 Å². The summed E-state index contributed by atoms with van der Waals surface area (Å²) in [6.07, 6.45) is 0. The first-order valence-electron chi connectivity index (χ1n) is 8.85. The molecule has 150 valence electrons. The predicted molar refractivity (Wildman–Crippen MR) is 108 cm³/mol. The minimum atomic E-state index is -0.483. The molecular formula is C18H23N5O4S. The molecule has 1 aromatic carbocycles. The van der Waals surface area contributed by atoms with Crippen molar-refractivity contribution in [3.63, 3.8) is 0 Å². The number of nitrogens with two attached hydrogens (primary N) is 1. The standard InChI is InChI=1S/C18H23N5O4S/c1-26-13-4-2-12(3-5-13)16(24)20-14-15(19)21-18(22-17(14)25)28-11-8-23-6-9-27-10-7-23/h2-5H,6-11H2,1H3,(H,20,24)(H3,19,21,22,25). The second-order valence-corrected chi connectivity index (χ2v) is 7.20. The van der Waals surface area contributed by atoms with Gasteiger partial charge < -0.3 is 20.5 Å². The van der Waals surface area contributed by atoms with Crippen LogP contribution in [0.25, 0.3) is 0 Å². The van der Waals surface area contributed by atoms with Gasteiger partial charge in [-0.2, -0.15) is 0 Å². The Hall–Kier alpha value is -2.56. The number of nitrogens with zero attached hydrogens (tertiary/aromatic N) is 2. The van der Waals surface area contributed by atoms with Crippen molar-refractivity contribution in [1.82, 2.24) is 14.9 Å². The lowest BCUT2D eigenvalue weighted by atomic mass is 10.2. The maximum atomic E-state index is 12.3. The average Bonchev–Trinajstić information content (AvgIpc) is 2.71. The molecule has 0 bridgehead atoms. The Morgan fingerprint density at radius 3 is 2.71 bits per heavy atom. The molecule has 0 atom stereocenters. The topological polar surface area (TPSA) is 123 Å².